The van der Waals surface area contributed by atoms with Crippen LogP contribution < -0.4 is 10.2 Å². The maximum atomic E-state index is 10.9. The maximum Gasteiger partial charge on any atom is 0.427 e. The van der Waals surface area contributed by atoms with Crippen molar-refractivity contribution in [2.24, 2.45) is 5.10 Å². The third-order valence-electron chi connectivity index (χ3n) is 2.73. The van der Waals surface area contributed by atoms with Gasteiger partial charge in [-0.15, -0.1) is 0 Å². The number of hydrogen-bond donors (Lipinski definition) is 1. The molecule has 0 aromatic heterocycles. The fourth-order valence-corrected chi connectivity index (χ4v) is 1.76. The highest BCUT2D eigenvalue weighted by Crippen LogP contribution is 2.15. The summed E-state index contributed by atoms with van der Waals surface area (Å²) >= 11 is 5.84. The molecule has 0 aliphatic heterocycles. The molecule has 114 valence electrons. The van der Waals surface area contributed by atoms with Crippen LogP contribution in [-0.4, -0.2) is 19.4 Å². The number of nitrogens with zero attached hydrogens (tertiary/aromatic N) is 1. The highest BCUT2D eigenvalue weighted by Gasteiger charge is 1.98. The van der Waals surface area contributed by atoms with Gasteiger partial charge in [-0.05, 0) is 35.4 Å². The molecule has 0 saturated carbocycles. The Bertz CT molecular complexity index is 657. The van der Waals surface area contributed by atoms with Crippen LogP contribution in [0.3, 0.4) is 0 Å². The van der Waals surface area contributed by atoms with Gasteiger partial charge >= 0.3 is 6.09 Å². The highest BCUT2D eigenvalue weighted by atomic mass is 35.5. The zero-order valence-electron chi connectivity index (χ0n) is 12.0. The number of carbonyl (C=O) groups excluding carboxylic acids is 1. The number of carbonyl (C=O) groups is 1. The fourth-order valence-electron chi connectivity index (χ4n) is 1.64. The van der Waals surface area contributed by atoms with Gasteiger partial charge < -0.3 is 9.47 Å². The second kappa shape index (κ2) is 8.05. The number of halogens is 1. The zero-order chi connectivity index (χ0) is 15.8. The lowest BCUT2D eigenvalue weighted by atomic mass is 10.2. The van der Waals surface area contributed by atoms with E-state index in [0.29, 0.717) is 17.4 Å². The third kappa shape index (κ3) is 5.10. The fraction of sp³-hybridized carbons (Fsp3) is 0.125. The van der Waals surface area contributed by atoms with Crippen LogP contribution in [-0.2, 0) is 11.3 Å². The Morgan fingerprint density at radius 1 is 1.27 bits per heavy atom. The van der Waals surface area contributed by atoms with Gasteiger partial charge in [0.15, 0.2) is 0 Å². The Labute approximate surface area is 133 Å². The van der Waals surface area contributed by atoms with Crippen molar-refractivity contribution in [2.75, 3.05) is 7.11 Å². The molecule has 0 aliphatic rings. The van der Waals surface area contributed by atoms with Crippen LogP contribution >= 0.6 is 11.6 Å². The van der Waals surface area contributed by atoms with Gasteiger partial charge in [-0.25, -0.2) is 10.2 Å². The molecule has 2 aromatic rings. The molecule has 0 bridgehead atoms. The number of rotatable bonds is 5. The zero-order valence-corrected chi connectivity index (χ0v) is 12.7. The molecular weight excluding hydrogens is 304 g/mol. The van der Waals surface area contributed by atoms with E-state index in [4.69, 9.17) is 16.3 Å². The average Bonchev–Trinajstić information content (AvgIpc) is 2.54. The summed E-state index contributed by atoms with van der Waals surface area (Å²) in [5.74, 6) is 0.706. The van der Waals surface area contributed by atoms with Crippen molar-refractivity contribution in [3.63, 3.8) is 0 Å². The van der Waals surface area contributed by atoms with Gasteiger partial charge in [0.05, 0.1) is 13.3 Å². The Hall–Kier alpha value is -2.53. The van der Waals surface area contributed by atoms with Gasteiger partial charge in [0.2, 0.25) is 0 Å². The Balaban J connectivity index is 1.93. The van der Waals surface area contributed by atoms with Gasteiger partial charge in [-0.2, -0.15) is 5.10 Å². The summed E-state index contributed by atoms with van der Waals surface area (Å²) in [5, 5.41) is 4.46. The van der Waals surface area contributed by atoms with Crippen molar-refractivity contribution in [1.29, 1.82) is 0 Å². The van der Waals surface area contributed by atoms with Crippen molar-refractivity contribution < 1.29 is 14.3 Å². The molecule has 0 spiro atoms. The predicted octanol–water partition coefficient (Wildman–Crippen LogP) is 3.61. The molecule has 0 atom stereocenters. The molecular formula is C16H15ClN2O3. The molecule has 0 unspecified atom stereocenters. The minimum Gasteiger partial charge on any atom is -0.489 e. The van der Waals surface area contributed by atoms with Gasteiger partial charge in [-0.3, -0.25) is 0 Å². The maximum absolute atomic E-state index is 10.9. The number of nitrogens with one attached hydrogen (secondary N) is 1. The number of hydrogen-bond acceptors (Lipinski definition) is 4. The summed E-state index contributed by atoms with van der Waals surface area (Å²) in [5.41, 5.74) is 4.04. The second-order valence-corrected chi connectivity index (χ2v) is 4.79. The van der Waals surface area contributed by atoms with Crippen molar-refractivity contribution in [1.82, 2.24) is 5.43 Å². The summed E-state index contributed by atoms with van der Waals surface area (Å²) in [6.07, 6.45) is 0.887. The van der Waals surface area contributed by atoms with E-state index >= 15 is 0 Å². The highest BCUT2D eigenvalue weighted by molar-refractivity contribution is 6.30. The Kier molecular flexibility index (Phi) is 5.80. The number of hydrazone groups is 1. The van der Waals surface area contributed by atoms with E-state index in [1.165, 1.54) is 13.3 Å². The molecule has 6 heteroatoms. The van der Waals surface area contributed by atoms with Gasteiger partial charge in [0.1, 0.15) is 12.4 Å². The number of methoxy groups -OCH3 is 1. The molecule has 0 aliphatic carbocycles. The van der Waals surface area contributed by atoms with E-state index < -0.39 is 6.09 Å². The first-order valence-electron chi connectivity index (χ1n) is 6.52. The lowest BCUT2D eigenvalue weighted by molar-refractivity contribution is 0.171. The molecule has 5 nitrogen and oxygen atoms in total. The van der Waals surface area contributed by atoms with Crippen molar-refractivity contribution in [3.8, 4) is 5.75 Å². The largest absolute Gasteiger partial charge is 0.489 e. The molecule has 0 heterocycles. The first-order valence-corrected chi connectivity index (χ1v) is 6.89. The molecule has 1 amide bonds. The van der Waals surface area contributed by atoms with E-state index in [1.807, 2.05) is 48.5 Å². The summed E-state index contributed by atoms with van der Waals surface area (Å²) < 4.78 is 10.1. The van der Waals surface area contributed by atoms with Crippen molar-refractivity contribution in [3.05, 3.63) is 64.7 Å². The van der Waals surface area contributed by atoms with Crippen LogP contribution in [0.4, 0.5) is 4.79 Å². The minimum atomic E-state index is -0.619. The molecule has 1 N–H and O–H groups in total. The van der Waals surface area contributed by atoms with Crippen LogP contribution in [0.25, 0.3) is 0 Å². The number of ether oxygens (including phenoxy) is 2. The molecule has 0 fully saturated rings. The minimum absolute atomic E-state index is 0.443. The molecule has 0 radical (unpaired) electrons. The van der Waals surface area contributed by atoms with E-state index in [0.717, 1.165) is 11.1 Å². The summed E-state index contributed by atoms with van der Waals surface area (Å²) in [4.78, 5) is 10.9. The van der Waals surface area contributed by atoms with Crippen molar-refractivity contribution in [2.45, 2.75) is 6.61 Å². The summed E-state index contributed by atoms with van der Waals surface area (Å²) in [7, 11) is 1.27. The quantitative estimate of drug-likeness (QED) is 0.676. The van der Waals surface area contributed by atoms with Crippen molar-refractivity contribution >= 4 is 23.9 Å². The van der Waals surface area contributed by atoms with Gasteiger partial charge in [0, 0.05) is 5.02 Å². The SMILES string of the molecule is COC(=O)NN=Cc1cccc(OCc2ccc(Cl)cc2)c1. The third-order valence-corrected chi connectivity index (χ3v) is 2.98. The smallest absolute Gasteiger partial charge is 0.427 e. The van der Waals surface area contributed by atoms with Gasteiger partial charge in [0.25, 0.3) is 0 Å². The lowest BCUT2D eigenvalue weighted by Gasteiger charge is -2.07. The number of benzene rings is 2. The Morgan fingerprint density at radius 2 is 2.05 bits per heavy atom. The first-order chi connectivity index (χ1) is 10.7. The van der Waals surface area contributed by atoms with E-state index in [1.54, 1.807) is 0 Å². The van der Waals surface area contributed by atoms with E-state index in [9.17, 15) is 4.79 Å². The predicted molar refractivity (Wildman–Crippen MR) is 85.4 cm³/mol. The van der Waals surface area contributed by atoms with Gasteiger partial charge in [-0.1, -0.05) is 35.9 Å². The van der Waals surface area contributed by atoms with Crippen LogP contribution in [0.2, 0.25) is 5.02 Å². The van der Waals surface area contributed by atoms with Crippen LogP contribution in [0, 0.1) is 0 Å². The topological polar surface area (TPSA) is 59.9 Å². The summed E-state index contributed by atoms with van der Waals surface area (Å²) in [6, 6.07) is 14.8. The normalized spacial score (nSPS) is 10.5. The van der Waals surface area contributed by atoms with E-state index in [-0.39, 0.29) is 0 Å². The lowest BCUT2D eigenvalue weighted by Crippen LogP contribution is -2.16. The van der Waals surface area contributed by atoms with E-state index in [2.05, 4.69) is 15.3 Å². The molecule has 2 aromatic carbocycles. The second-order valence-electron chi connectivity index (χ2n) is 4.35. The summed E-state index contributed by atoms with van der Waals surface area (Å²) in [6.45, 7) is 0.443. The molecule has 22 heavy (non-hydrogen) atoms. The van der Waals surface area contributed by atoms with Crippen LogP contribution in [0.5, 0.6) is 5.75 Å². The van der Waals surface area contributed by atoms with Crippen LogP contribution in [0.1, 0.15) is 11.1 Å². The molecule has 0 saturated heterocycles. The standard InChI is InChI=1S/C16H15ClN2O3/c1-21-16(20)19-18-10-13-3-2-4-15(9-13)22-11-12-5-7-14(17)8-6-12/h2-10H,11H2,1H3,(H,19,20). The Morgan fingerprint density at radius 3 is 2.77 bits per heavy atom. The number of amides is 1. The monoisotopic (exact) mass is 318 g/mol. The van der Waals surface area contributed by atoms with Crippen LogP contribution in [0.15, 0.2) is 53.6 Å². The average molecular weight is 319 g/mol. The molecule has 2 rings (SSSR count). The first kappa shape index (κ1) is 15.9.